The Morgan fingerprint density at radius 1 is 1.11 bits per heavy atom. The maximum atomic E-state index is 8.61. The van der Waals surface area contributed by atoms with Crippen LogP contribution in [0.15, 0.2) is 5.16 Å². The molecule has 0 aromatic rings. The van der Waals surface area contributed by atoms with E-state index < -0.39 is 0 Å². The number of oxime groups is 1. The lowest BCUT2D eigenvalue weighted by molar-refractivity contribution is 0.0346. The SMILES string of the molecule is COCCCOCCOCCC(C)(C)C(N)=NO. The Balaban J connectivity index is 3.40. The molecule has 0 spiro atoms. The average Bonchev–Trinajstić information content (AvgIpc) is 2.35. The average molecular weight is 262 g/mol. The summed E-state index contributed by atoms with van der Waals surface area (Å²) in [7, 11) is 1.67. The number of methoxy groups -OCH3 is 1. The molecule has 6 heteroatoms. The zero-order chi connectivity index (χ0) is 13.9. The van der Waals surface area contributed by atoms with Gasteiger partial charge in [0, 0.05) is 32.3 Å². The molecule has 0 bridgehead atoms. The van der Waals surface area contributed by atoms with Crippen molar-refractivity contribution in [1.29, 1.82) is 0 Å². The van der Waals surface area contributed by atoms with Crippen molar-refractivity contribution in [3.63, 3.8) is 0 Å². The third-order valence-corrected chi connectivity index (χ3v) is 2.68. The molecule has 0 radical (unpaired) electrons. The first kappa shape index (κ1) is 17.2. The van der Waals surface area contributed by atoms with Gasteiger partial charge in [-0.3, -0.25) is 0 Å². The normalized spacial score (nSPS) is 12.9. The molecule has 18 heavy (non-hydrogen) atoms. The lowest BCUT2D eigenvalue weighted by Gasteiger charge is -2.22. The summed E-state index contributed by atoms with van der Waals surface area (Å²) < 4.78 is 15.7. The second kappa shape index (κ2) is 10.1. The first-order chi connectivity index (χ1) is 8.54. The highest BCUT2D eigenvalue weighted by atomic mass is 16.5. The molecule has 0 atom stereocenters. The van der Waals surface area contributed by atoms with Crippen LogP contribution in [0.1, 0.15) is 26.7 Å². The first-order valence-corrected chi connectivity index (χ1v) is 6.17. The van der Waals surface area contributed by atoms with E-state index in [9.17, 15) is 0 Å². The summed E-state index contributed by atoms with van der Waals surface area (Å²) in [6.45, 7) is 6.92. The van der Waals surface area contributed by atoms with Gasteiger partial charge in [0.25, 0.3) is 0 Å². The van der Waals surface area contributed by atoms with Crippen LogP contribution in [-0.2, 0) is 14.2 Å². The number of amidine groups is 1. The molecule has 0 unspecified atom stereocenters. The highest BCUT2D eigenvalue weighted by molar-refractivity contribution is 5.85. The van der Waals surface area contributed by atoms with Crippen LogP contribution in [0.3, 0.4) is 0 Å². The smallest absolute Gasteiger partial charge is 0.144 e. The summed E-state index contributed by atoms with van der Waals surface area (Å²) in [5.41, 5.74) is 5.21. The van der Waals surface area contributed by atoms with Crippen molar-refractivity contribution in [2.24, 2.45) is 16.3 Å². The summed E-state index contributed by atoms with van der Waals surface area (Å²) in [6, 6.07) is 0. The fourth-order valence-corrected chi connectivity index (χ4v) is 1.22. The van der Waals surface area contributed by atoms with Crippen molar-refractivity contribution >= 4 is 5.84 Å². The molecule has 0 saturated carbocycles. The standard InChI is InChI=1S/C12H26N2O4/c1-12(2,11(13)14-15)5-8-18-10-9-17-7-4-6-16-3/h15H,4-10H2,1-3H3,(H2,13,14). The second-order valence-corrected chi connectivity index (χ2v) is 4.69. The largest absolute Gasteiger partial charge is 0.409 e. The van der Waals surface area contributed by atoms with E-state index in [1.54, 1.807) is 7.11 Å². The van der Waals surface area contributed by atoms with Gasteiger partial charge in [0.15, 0.2) is 0 Å². The van der Waals surface area contributed by atoms with Crippen LogP contribution in [0.4, 0.5) is 0 Å². The molecular weight excluding hydrogens is 236 g/mol. The maximum Gasteiger partial charge on any atom is 0.144 e. The molecule has 0 rings (SSSR count). The molecule has 0 fully saturated rings. The van der Waals surface area contributed by atoms with E-state index in [2.05, 4.69) is 5.16 Å². The van der Waals surface area contributed by atoms with Gasteiger partial charge >= 0.3 is 0 Å². The predicted molar refractivity (Wildman–Crippen MR) is 69.9 cm³/mol. The van der Waals surface area contributed by atoms with E-state index in [-0.39, 0.29) is 11.3 Å². The van der Waals surface area contributed by atoms with E-state index in [0.29, 0.717) is 32.8 Å². The minimum absolute atomic E-state index is 0.224. The fourth-order valence-electron chi connectivity index (χ4n) is 1.22. The van der Waals surface area contributed by atoms with Gasteiger partial charge in [-0.2, -0.15) is 0 Å². The molecule has 0 aliphatic heterocycles. The van der Waals surface area contributed by atoms with Crippen LogP contribution < -0.4 is 5.73 Å². The Bertz CT molecular complexity index is 232. The summed E-state index contributed by atoms with van der Waals surface area (Å²) in [5.74, 6) is 0.224. The molecule has 3 N–H and O–H groups in total. The number of hydrogen-bond acceptors (Lipinski definition) is 5. The van der Waals surface area contributed by atoms with Gasteiger partial charge in [-0.05, 0) is 12.8 Å². The topological polar surface area (TPSA) is 86.3 Å². The molecule has 0 saturated heterocycles. The third-order valence-electron chi connectivity index (χ3n) is 2.68. The molecule has 6 nitrogen and oxygen atoms in total. The summed E-state index contributed by atoms with van der Waals surface area (Å²) in [4.78, 5) is 0. The number of rotatable bonds is 11. The number of nitrogens with zero attached hydrogens (tertiary/aromatic N) is 1. The zero-order valence-corrected chi connectivity index (χ0v) is 11.6. The Morgan fingerprint density at radius 2 is 1.72 bits per heavy atom. The van der Waals surface area contributed by atoms with E-state index in [1.807, 2.05) is 13.8 Å². The Labute approximate surface area is 109 Å². The van der Waals surface area contributed by atoms with Crippen molar-refractivity contribution in [3.8, 4) is 0 Å². The summed E-state index contributed by atoms with van der Waals surface area (Å²) in [6.07, 6.45) is 1.60. The Kier molecular flexibility index (Phi) is 9.63. The number of ether oxygens (including phenoxy) is 3. The first-order valence-electron chi connectivity index (χ1n) is 6.17. The minimum atomic E-state index is -0.353. The van der Waals surface area contributed by atoms with Crippen molar-refractivity contribution in [2.75, 3.05) is 40.1 Å². The van der Waals surface area contributed by atoms with Gasteiger partial charge in [-0.1, -0.05) is 19.0 Å². The number of nitrogens with two attached hydrogens (primary N) is 1. The lowest BCUT2D eigenvalue weighted by Crippen LogP contribution is -2.33. The van der Waals surface area contributed by atoms with Gasteiger partial charge in [-0.25, -0.2) is 0 Å². The van der Waals surface area contributed by atoms with Gasteiger partial charge in [-0.15, -0.1) is 0 Å². The molecule has 0 amide bonds. The van der Waals surface area contributed by atoms with Crippen molar-refractivity contribution in [1.82, 2.24) is 0 Å². The minimum Gasteiger partial charge on any atom is -0.409 e. The van der Waals surface area contributed by atoms with Gasteiger partial charge in [0.1, 0.15) is 5.84 Å². The monoisotopic (exact) mass is 262 g/mol. The zero-order valence-electron chi connectivity index (χ0n) is 11.6. The molecule has 0 aromatic heterocycles. The Morgan fingerprint density at radius 3 is 2.28 bits per heavy atom. The van der Waals surface area contributed by atoms with E-state index in [1.165, 1.54) is 0 Å². The van der Waals surface area contributed by atoms with Crippen molar-refractivity contribution in [3.05, 3.63) is 0 Å². The van der Waals surface area contributed by atoms with Gasteiger partial charge in [0.2, 0.25) is 0 Å². The Hall–Kier alpha value is -0.850. The summed E-state index contributed by atoms with van der Waals surface area (Å²) in [5, 5.41) is 11.6. The molecule has 0 aromatic carbocycles. The van der Waals surface area contributed by atoms with Crippen molar-refractivity contribution < 1.29 is 19.4 Å². The van der Waals surface area contributed by atoms with E-state index in [0.717, 1.165) is 13.0 Å². The van der Waals surface area contributed by atoms with Crippen LogP contribution in [0.2, 0.25) is 0 Å². The predicted octanol–water partition coefficient (Wildman–Crippen LogP) is 1.22. The lowest BCUT2D eigenvalue weighted by atomic mass is 9.88. The molecular formula is C12H26N2O4. The molecule has 0 heterocycles. The fraction of sp³-hybridized carbons (Fsp3) is 0.917. The molecule has 0 aliphatic rings. The van der Waals surface area contributed by atoms with E-state index in [4.69, 9.17) is 25.2 Å². The van der Waals surface area contributed by atoms with Gasteiger partial charge < -0.3 is 25.2 Å². The highest BCUT2D eigenvalue weighted by Gasteiger charge is 2.22. The van der Waals surface area contributed by atoms with E-state index >= 15 is 0 Å². The van der Waals surface area contributed by atoms with Crippen LogP contribution >= 0.6 is 0 Å². The molecule has 0 aliphatic carbocycles. The second-order valence-electron chi connectivity index (χ2n) is 4.69. The van der Waals surface area contributed by atoms with Crippen LogP contribution in [0.25, 0.3) is 0 Å². The summed E-state index contributed by atoms with van der Waals surface area (Å²) >= 11 is 0. The van der Waals surface area contributed by atoms with Crippen LogP contribution in [-0.4, -0.2) is 51.2 Å². The maximum absolute atomic E-state index is 8.61. The number of hydrogen-bond donors (Lipinski definition) is 2. The van der Waals surface area contributed by atoms with Crippen molar-refractivity contribution in [2.45, 2.75) is 26.7 Å². The third kappa shape index (κ3) is 8.27. The molecule has 108 valence electrons. The van der Waals surface area contributed by atoms with Crippen LogP contribution in [0.5, 0.6) is 0 Å². The highest BCUT2D eigenvalue weighted by Crippen LogP contribution is 2.19. The quantitative estimate of drug-likeness (QED) is 0.192. The van der Waals surface area contributed by atoms with Gasteiger partial charge in [0.05, 0.1) is 13.2 Å². The van der Waals surface area contributed by atoms with Crippen LogP contribution in [0, 0.1) is 5.41 Å².